The maximum atomic E-state index is 13.3. The lowest BCUT2D eigenvalue weighted by atomic mass is 9.81. The van der Waals surface area contributed by atoms with Gasteiger partial charge in [0.2, 0.25) is 0 Å². The average Bonchev–Trinajstić information content (AvgIpc) is 3.29. The topological polar surface area (TPSA) is 66.7 Å². The lowest BCUT2D eigenvalue weighted by Gasteiger charge is -2.34. The van der Waals surface area contributed by atoms with Crippen LogP contribution in [0.3, 0.4) is 0 Å². The summed E-state index contributed by atoms with van der Waals surface area (Å²) in [6.45, 7) is 3.72. The highest BCUT2D eigenvalue weighted by molar-refractivity contribution is 6.07. The van der Waals surface area contributed by atoms with Crippen molar-refractivity contribution in [2.45, 2.75) is 18.8 Å². The summed E-state index contributed by atoms with van der Waals surface area (Å²) in [5.41, 5.74) is 3.90. The Bertz CT molecular complexity index is 1220. The number of anilines is 1. The first kappa shape index (κ1) is 23.0. The number of nitro benzene ring substituents is 1. The van der Waals surface area contributed by atoms with Gasteiger partial charge in [-0.05, 0) is 61.2 Å². The molecule has 6 nitrogen and oxygen atoms in total. The van der Waals surface area contributed by atoms with Gasteiger partial charge in [-0.3, -0.25) is 19.8 Å². The third-order valence-corrected chi connectivity index (χ3v) is 7.25. The molecule has 6 heteroatoms. The van der Waals surface area contributed by atoms with Crippen LogP contribution in [0, 0.1) is 16.0 Å². The Labute approximate surface area is 205 Å². The monoisotopic (exact) mass is 467 g/mol. The molecule has 0 saturated carbocycles. The summed E-state index contributed by atoms with van der Waals surface area (Å²) in [6.07, 6.45) is 6.64. The van der Waals surface area contributed by atoms with Crippen molar-refractivity contribution in [1.82, 2.24) is 4.90 Å². The van der Waals surface area contributed by atoms with Crippen LogP contribution >= 0.6 is 0 Å². The number of benzene rings is 3. The molecule has 3 aromatic rings. The van der Waals surface area contributed by atoms with Gasteiger partial charge in [-0.2, -0.15) is 0 Å². The molecule has 0 aromatic heterocycles. The molecule has 1 fully saturated rings. The van der Waals surface area contributed by atoms with Gasteiger partial charge in [0, 0.05) is 42.4 Å². The van der Waals surface area contributed by atoms with Gasteiger partial charge in [-0.15, -0.1) is 0 Å². The van der Waals surface area contributed by atoms with E-state index in [4.69, 9.17) is 0 Å². The highest BCUT2D eigenvalue weighted by Gasteiger charge is 2.38. The zero-order valence-corrected chi connectivity index (χ0v) is 19.6. The van der Waals surface area contributed by atoms with E-state index >= 15 is 0 Å². The van der Waals surface area contributed by atoms with Crippen molar-refractivity contribution < 1.29 is 9.72 Å². The summed E-state index contributed by atoms with van der Waals surface area (Å²) in [6, 6.07) is 24.5. The molecule has 2 heterocycles. The van der Waals surface area contributed by atoms with Crippen molar-refractivity contribution in [2.75, 3.05) is 31.1 Å². The molecule has 1 saturated heterocycles. The van der Waals surface area contributed by atoms with Gasteiger partial charge in [0.1, 0.15) is 0 Å². The van der Waals surface area contributed by atoms with Crippen molar-refractivity contribution >= 4 is 23.4 Å². The summed E-state index contributed by atoms with van der Waals surface area (Å²) in [4.78, 5) is 28.2. The Morgan fingerprint density at radius 2 is 1.63 bits per heavy atom. The normalized spacial score (nSPS) is 18.6. The number of hydrogen-bond acceptors (Lipinski definition) is 4. The van der Waals surface area contributed by atoms with Crippen LogP contribution in [-0.2, 0) is 0 Å². The average molecular weight is 468 g/mol. The fourth-order valence-corrected chi connectivity index (χ4v) is 5.36. The maximum absolute atomic E-state index is 13.3. The number of rotatable bonds is 6. The van der Waals surface area contributed by atoms with Crippen LogP contribution < -0.4 is 4.90 Å². The van der Waals surface area contributed by atoms with Crippen molar-refractivity contribution in [2.24, 2.45) is 5.92 Å². The second-order valence-corrected chi connectivity index (χ2v) is 9.34. The molecular formula is C29H29N3O3. The number of amides is 1. The maximum Gasteiger partial charge on any atom is 0.269 e. The molecule has 1 unspecified atom stereocenters. The minimum atomic E-state index is -0.445. The van der Waals surface area contributed by atoms with E-state index in [9.17, 15) is 14.9 Å². The van der Waals surface area contributed by atoms with Crippen LogP contribution in [0.25, 0.3) is 6.08 Å². The minimum absolute atomic E-state index is 0.00776. The number of non-ortho nitro benzene ring substituents is 1. The first-order chi connectivity index (χ1) is 17.1. The largest absolute Gasteiger partial charge is 0.307 e. The molecular weight excluding hydrogens is 438 g/mol. The quantitative estimate of drug-likeness (QED) is 0.341. The van der Waals surface area contributed by atoms with E-state index < -0.39 is 4.92 Å². The number of nitrogens with zero attached hydrogens (tertiary/aromatic N) is 3. The fourth-order valence-electron chi connectivity index (χ4n) is 5.36. The zero-order valence-electron chi connectivity index (χ0n) is 19.6. The predicted octanol–water partition coefficient (Wildman–Crippen LogP) is 5.76. The first-order valence-electron chi connectivity index (χ1n) is 12.2. The lowest BCUT2D eigenvalue weighted by molar-refractivity contribution is -0.384. The van der Waals surface area contributed by atoms with E-state index in [2.05, 4.69) is 53.5 Å². The summed E-state index contributed by atoms with van der Waals surface area (Å²) < 4.78 is 0. The van der Waals surface area contributed by atoms with E-state index in [0.29, 0.717) is 23.9 Å². The molecule has 35 heavy (non-hydrogen) atoms. The first-order valence-corrected chi connectivity index (χ1v) is 12.2. The minimum Gasteiger partial charge on any atom is -0.307 e. The SMILES string of the molecule is O=C(c1ccc([N+](=O)[O-])cc1)N1CC(C2CCN(C/C=C/c3ccccc3)CC2)c2ccccc21. The number of likely N-dealkylation sites (tertiary alicyclic amines) is 1. The fraction of sp³-hybridized carbons (Fsp3) is 0.276. The van der Waals surface area contributed by atoms with Crippen LogP contribution in [0.4, 0.5) is 11.4 Å². The molecule has 2 aliphatic rings. The Hall–Kier alpha value is -3.77. The number of piperidine rings is 1. The summed E-state index contributed by atoms with van der Waals surface area (Å²) in [7, 11) is 0. The molecule has 5 rings (SSSR count). The Morgan fingerprint density at radius 1 is 0.943 bits per heavy atom. The van der Waals surface area contributed by atoms with Crippen molar-refractivity contribution in [3.63, 3.8) is 0 Å². The summed E-state index contributed by atoms with van der Waals surface area (Å²) in [5.74, 6) is 0.744. The van der Waals surface area contributed by atoms with Crippen LogP contribution in [0.1, 0.15) is 40.2 Å². The number of hydrogen-bond donors (Lipinski definition) is 0. The highest BCUT2D eigenvalue weighted by Crippen LogP contribution is 2.44. The Kier molecular flexibility index (Phi) is 6.73. The van der Waals surface area contributed by atoms with Crippen molar-refractivity contribution in [3.05, 3.63) is 112 Å². The van der Waals surface area contributed by atoms with Crippen LogP contribution in [0.15, 0.2) is 84.9 Å². The standard InChI is InChI=1S/C29H29N3O3/c33-29(24-12-14-25(15-13-24)32(34)35)31-21-27(26-10-4-5-11-28(26)31)23-16-19-30(20-17-23)18-6-9-22-7-2-1-3-8-22/h1-15,23,27H,16-21H2/b9-6+. The summed E-state index contributed by atoms with van der Waals surface area (Å²) in [5, 5.41) is 11.0. The van der Waals surface area contributed by atoms with Crippen LogP contribution in [-0.4, -0.2) is 41.9 Å². The molecule has 0 spiro atoms. The summed E-state index contributed by atoms with van der Waals surface area (Å²) >= 11 is 0. The van der Waals surface area contributed by atoms with Crippen molar-refractivity contribution in [3.8, 4) is 0 Å². The van der Waals surface area contributed by atoms with E-state index in [-0.39, 0.29) is 11.6 Å². The van der Waals surface area contributed by atoms with E-state index in [0.717, 1.165) is 38.2 Å². The van der Waals surface area contributed by atoms with Crippen molar-refractivity contribution in [1.29, 1.82) is 0 Å². The van der Waals surface area contributed by atoms with Gasteiger partial charge in [-0.25, -0.2) is 0 Å². The number of carbonyl (C=O) groups is 1. The molecule has 1 atom stereocenters. The molecule has 0 aliphatic carbocycles. The van der Waals surface area contributed by atoms with Gasteiger partial charge < -0.3 is 4.90 Å². The van der Waals surface area contributed by atoms with Gasteiger partial charge in [-0.1, -0.05) is 60.7 Å². The van der Waals surface area contributed by atoms with Crippen LogP contribution in [0.2, 0.25) is 0 Å². The smallest absolute Gasteiger partial charge is 0.269 e. The lowest BCUT2D eigenvalue weighted by Crippen LogP contribution is -2.37. The molecule has 178 valence electrons. The second-order valence-electron chi connectivity index (χ2n) is 9.34. The number of para-hydroxylation sites is 1. The zero-order chi connectivity index (χ0) is 24.2. The number of carbonyl (C=O) groups excluding carboxylic acids is 1. The van der Waals surface area contributed by atoms with E-state index in [1.54, 1.807) is 12.1 Å². The molecule has 1 amide bonds. The molecule has 0 N–H and O–H groups in total. The number of fused-ring (bicyclic) bond motifs is 1. The van der Waals surface area contributed by atoms with Gasteiger partial charge in [0.25, 0.3) is 11.6 Å². The Balaban J connectivity index is 1.24. The molecule has 0 radical (unpaired) electrons. The number of nitro groups is 1. The third-order valence-electron chi connectivity index (χ3n) is 7.25. The third kappa shape index (κ3) is 5.03. The molecule has 0 bridgehead atoms. The molecule has 2 aliphatic heterocycles. The second kappa shape index (κ2) is 10.2. The van der Waals surface area contributed by atoms with Crippen LogP contribution in [0.5, 0.6) is 0 Å². The molecule has 3 aromatic carbocycles. The predicted molar refractivity (Wildman–Crippen MR) is 139 cm³/mol. The van der Waals surface area contributed by atoms with Gasteiger partial charge >= 0.3 is 0 Å². The Morgan fingerprint density at radius 3 is 2.34 bits per heavy atom. The van der Waals surface area contributed by atoms with E-state index in [1.165, 1.54) is 23.3 Å². The van der Waals surface area contributed by atoms with Gasteiger partial charge in [0.15, 0.2) is 0 Å². The van der Waals surface area contributed by atoms with Gasteiger partial charge in [0.05, 0.1) is 4.92 Å². The highest BCUT2D eigenvalue weighted by atomic mass is 16.6. The van der Waals surface area contributed by atoms with E-state index in [1.807, 2.05) is 23.1 Å².